The van der Waals surface area contributed by atoms with Crippen LogP contribution in [-0.2, 0) is 20.2 Å². The second-order valence-electron chi connectivity index (χ2n) is 15.8. The number of amides is 2. The number of nitrogens with zero attached hydrogens (tertiary/aromatic N) is 3. The highest BCUT2D eigenvalue weighted by atomic mass is 19.3. The molecule has 0 spiro atoms. The monoisotopic (exact) mass is 706 g/mol. The Kier molecular flexibility index (Phi) is 9.71. The molecule has 8 atom stereocenters. The molecule has 10 nitrogen and oxygen atoms in total. The number of alkyl halides is 4. The Balaban J connectivity index is 1.43. The fraction of sp³-hybridized carbons (Fsp3) is 0.694. The Bertz CT molecular complexity index is 1630. The highest BCUT2D eigenvalue weighted by Crippen LogP contribution is 2.58. The highest BCUT2D eigenvalue weighted by Gasteiger charge is 2.55. The number of ketones is 1. The maximum absolute atomic E-state index is 16.2. The van der Waals surface area contributed by atoms with Crippen molar-refractivity contribution < 1.29 is 46.2 Å². The van der Waals surface area contributed by atoms with Gasteiger partial charge in [0.25, 0.3) is 5.92 Å². The van der Waals surface area contributed by atoms with Crippen LogP contribution in [0.25, 0.3) is 11.0 Å². The van der Waals surface area contributed by atoms with Crippen molar-refractivity contribution in [1.82, 2.24) is 20.2 Å². The van der Waals surface area contributed by atoms with Gasteiger partial charge in [-0.3, -0.25) is 9.59 Å². The Morgan fingerprint density at radius 2 is 1.78 bits per heavy atom. The Morgan fingerprint density at radius 3 is 2.46 bits per heavy atom. The molecule has 14 heteroatoms. The van der Waals surface area contributed by atoms with E-state index in [4.69, 9.17) is 9.47 Å². The van der Waals surface area contributed by atoms with Gasteiger partial charge in [0, 0.05) is 24.3 Å². The third kappa shape index (κ3) is 7.21. The van der Waals surface area contributed by atoms with Crippen LogP contribution in [0.3, 0.4) is 0 Å². The molecule has 1 aromatic carbocycles. The lowest BCUT2D eigenvalue weighted by molar-refractivity contribution is -0.143. The minimum atomic E-state index is -3.49. The van der Waals surface area contributed by atoms with Gasteiger partial charge in [-0.25, -0.2) is 14.8 Å². The molecule has 4 aliphatic rings. The minimum Gasteiger partial charge on any atom is -0.471 e. The maximum Gasteiger partial charge on any atom is 0.408 e. The van der Waals surface area contributed by atoms with E-state index in [2.05, 4.69) is 20.0 Å². The number of aromatic nitrogens is 2. The molecule has 2 aromatic rings. The van der Waals surface area contributed by atoms with E-state index >= 15 is 8.78 Å². The maximum atomic E-state index is 16.2. The predicted molar refractivity (Wildman–Crippen MR) is 174 cm³/mol. The van der Waals surface area contributed by atoms with E-state index in [-0.39, 0.29) is 47.6 Å². The van der Waals surface area contributed by atoms with Crippen molar-refractivity contribution in [3.63, 3.8) is 0 Å². The lowest BCUT2D eigenvalue weighted by Crippen LogP contribution is -2.58. The Hall–Kier alpha value is -3.71. The van der Waals surface area contributed by atoms with Gasteiger partial charge in [0.1, 0.15) is 24.0 Å². The van der Waals surface area contributed by atoms with Gasteiger partial charge in [-0.2, -0.15) is 17.6 Å². The number of alkyl carbamates (subject to hydrolysis) is 1. The molecule has 2 aliphatic carbocycles. The summed E-state index contributed by atoms with van der Waals surface area (Å²) in [7, 11) is 0. The quantitative estimate of drug-likeness (QED) is 0.342. The number of benzene rings is 1. The van der Waals surface area contributed by atoms with Gasteiger partial charge in [0.05, 0.1) is 23.6 Å². The van der Waals surface area contributed by atoms with Crippen molar-refractivity contribution in [3.05, 3.63) is 23.9 Å². The third-order valence-electron chi connectivity index (χ3n) is 10.8. The number of Topliss-reactive ketones (excluding diaryl/α,β-unsaturated/α-hetero) is 1. The largest absolute Gasteiger partial charge is 0.471 e. The number of nitrogens with one attached hydrogen (secondary N) is 1. The summed E-state index contributed by atoms with van der Waals surface area (Å²) in [6.07, 6.45) is 0.283. The number of hydrogen-bond acceptors (Lipinski definition) is 8. The first-order valence-corrected chi connectivity index (χ1v) is 17.6. The van der Waals surface area contributed by atoms with Crippen LogP contribution in [0.1, 0.15) is 85.8 Å². The fourth-order valence-electron chi connectivity index (χ4n) is 8.04. The molecule has 1 aromatic heterocycles. The molecular weight excluding hydrogens is 660 g/mol. The Labute approximate surface area is 289 Å². The number of ether oxygens (including phenoxy) is 3. The first kappa shape index (κ1) is 36.1. The van der Waals surface area contributed by atoms with Crippen LogP contribution < -0.4 is 14.8 Å². The molecule has 6 rings (SSSR count). The second-order valence-corrected chi connectivity index (χ2v) is 15.8. The van der Waals surface area contributed by atoms with Gasteiger partial charge in [-0.1, -0.05) is 48.0 Å². The topological polar surface area (TPSA) is 120 Å². The molecule has 2 bridgehead atoms. The van der Waals surface area contributed by atoms with Crippen molar-refractivity contribution in [2.24, 2.45) is 35.0 Å². The van der Waals surface area contributed by atoms with E-state index in [1.165, 1.54) is 23.1 Å². The van der Waals surface area contributed by atoms with E-state index in [9.17, 15) is 23.2 Å². The van der Waals surface area contributed by atoms with Gasteiger partial charge in [-0.15, -0.1) is 0 Å². The van der Waals surface area contributed by atoms with Crippen LogP contribution in [0.15, 0.2) is 18.2 Å². The summed E-state index contributed by atoms with van der Waals surface area (Å²) >= 11 is 0. The molecule has 274 valence electrons. The molecule has 2 aliphatic heterocycles. The predicted octanol–water partition coefficient (Wildman–Crippen LogP) is 6.88. The van der Waals surface area contributed by atoms with E-state index in [1.807, 2.05) is 0 Å². The molecule has 1 saturated heterocycles. The number of carbonyl (C=O) groups excluding carboxylic acids is 3. The molecule has 3 heterocycles. The summed E-state index contributed by atoms with van der Waals surface area (Å²) in [6.45, 7) is 7.23. The summed E-state index contributed by atoms with van der Waals surface area (Å²) in [5.74, 6) is -5.35. The molecule has 2 saturated carbocycles. The van der Waals surface area contributed by atoms with Crippen molar-refractivity contribution in [2.45, 2.75) is 117 Å². The van der Waals surface area contributed by atoms with Crippen LogP contribution in [0.5, 0.6) is 11.6 Å². The summed E-state index contributed by atoms with van der Waals surface area (Å²) in [6, 6.07) is 1.58. The van der Waals surface area contributed by atoms with Crippen molar-refractivity contribution in [2.75, 3.05) is 6.54 Å². The normalized spacial score (nSPS) is 31.6. The van der Waals surface area contributed by atoms with E-state index in [0.29, 0.717) is 31.1 Å². The van der Waals surface area contributed by atoms with Crippen LogP contribution in [0, 0.1) is 35.0 Å². The summed E-state index contributed by atoms with van der Waals surface area (Å²) in [5, 5.41) is 2.81. The van der Waals surface area contributed by atoms with Gasteiger partial charge >= 0.3 is 12.7 Å². The summed E-state index contributed by atoms with van der Waals surface area (Å²) in [5.41, 5.74) is -1.47. The second kappa shape index (κ2) is 13.4. The zero-order valence-electron chi connectivity index (χ0n) is 29.3. The summed E-state index contributed by atoms with van der Waals surface area (Å²) in [4.78, 5) is 51.5. The number of carbonyl (C=O) groups is 3. The summed E-state index contributed by atoms with van der Waals surface area (Å²) < 4.78 is 75.1. The van der Waals surface area contributed by atoms with Gasteiger partial charge in [0.15, 0.2) is 11.5 Å². The van der Waals surface area contributed by atoms with Crippen LogP contribution in [0.2, 0.25) is 0 Å². The first-order chi connectivity index (χ1) is 23.4. The number of halogens is 4. The first-order valence-electron chi connectivity index (χ1n) is 17.6. The number of rotatable bonds is 4. The van der Waals surface area contributed by atoms with Crippen LogP contribution in [0.4, 0.5) is 22.4 Å². The Morgan fingerprint density at radius 1 is 1.04 bits per heavy atom. The van der Waals surface area contributed by atoms with Crippen LogP contribution >= 0.6 is 0 Å². The molecule has 50 heavy (non-hydrogen) atoms. The van der Waals surface area contributed by atoms with E-state index in [1.54, 1.807) is 41.5 Å². The third-order valence-corrected chi connectivity index (χ3v) is 10.8. The molecule has 2 amide bonds. The van der Waals surface area contributed by atoms with E-state index < -0.39 is 78.0 Å². The number of hydrogen-bond donors (Lipinski definition) is 1. The zero-order chi connectivity index (χ0) is 36.3. The van der Waals surface area contributed by atoms with Crippen molar-refractivity contribution >= 4 is 28.8 Å². The SMILES string of the molecule is CC(C)C(=O)C1C(C)C2CN1C(=O)C(C(C)(C)C)NC(=O)OC1CC3CC3C1CCCCC(F)(F)c1nc3ccc(OC(F)F)cc3nc1O2. The smallest absolute Gasteiger partial charge is 0.408 e. The van der Waals surface area contributed by atoms with Gasteiger partial charge < -0.3 is 24.4 Å². The fourth-order valence-corrected chi connectivity index (χ4v) is 8.04. The van der Waals surface area contributed by atoms with Crippen molar-refractivity contribution in [3.8, 4) is 11.6 Å². The molecule has 1 N–H and O–H groups in total. The standard InChI is InChI=1S/C36H46F4N4O6/c1-17(2)28(45)27-18(3)26-16-44(27)32(46)30(35(4,5)6)43-34(47)50-25-14-19-13-22(19)21(25)9-7-8-12-36(39,40)29-31(49-26)42-24-15-20(48-33(37)38)10-11-23(24)41-29/h10-11,15,17-19,21-22,25-27,30,33H,7-9,12-14,16H2,1-6H3,(H,43,47). The molecule has 3 fully saturated rings. The van der Waals surface area contributed by atoms with Crippen molar-refractivity contribution in [1.29, 1.82) is 0 Å². The molecular formula is C36H46F4N4O6. The van der Waals surface area contributed by atoms with Crippen LogP contribution in [-0.4, -0.2) is 70.1 Å². The molecule has 8 unspecified atom stereocenters. The minimum absolute atomic E-state index is 0.00463. The van der Waals surface area contributed by atoms with Gasteiger partial charge in [-0.05, 0) is 61.0 Å². The number of fused-ring (bicyclic) bond motifs is 7. The van der Waals surface area contributed by atoms with Gasteiger partial charge in [0.2, 0.25) is 11.8 Å². The average Bonchev–Trinajstić information content (AvgIpc) is 3.59. The lowest BCUT2D eigenvalue weighted by Gasteiger charge is -2.36. The molecule has 0 radical (unpaired) electrons. The zero-order valence-corrected chi connectivity index (χ0v) is 29.3. The average molecular weight is 707 g/mol. The van der Waals surface area contributed by atoms with E-state index in [0.717, 1.165) is 6.42 Å². The lowest BCUT2D eigenvalue weighted by atomic mass is 9.85. The highest BCUT2D eigenvalue weighted by molar-refractivity contribution is 5.94.